The maximum atomic E-state index is 13.6. The van der Waals surface area contributed by atoms with E-state index in [2.05, 4.69) is 26.2 Å². The highest BCUT2D eigenvalue weighted by molar-refractivity contribution is 6.00. The van der Waals surface area contributed by atoms with E-state index < -0.39 is 29.9 Å². The minimum Gasteiger partial charge on any atom is -0.487 e. The largest absolute Gasteiger partial charge is 0.487 e. The number of aliphatic hydroxyl groups is 1. The van der Waals surface area contributed by atoms with Crippen LogP contribution in [0.25, 0.3) is 0 Å². The van der Waals surface area contributed by atoms with Crippen molar-refractivity contribution in [1.82, 2.24) is 30.0 Å². The number of anilines is 2. The Balaban J connectivity index is 1.55. The number of ether oxygens (including phenoxy) is 1. The quantitative estimate of drug-likeness (QED) is 0.381. The molecule has 4 rings (SSSR count). The Labute approximate surface area is 229 Å². The van der Waals surface area contributed by atoms with E-state index >= 15 is 0 Å². The first-order valence-corrected chi connectivity index (χ1v) is 12.7. The molecule has 1 aliphatic heterocycles. The predicted octanol–water partition coefficient (Wildman–Crippen LogP) is 1.83. The molecule has 2 aromatic carbocycles. The number of rotatable bonds is 8. The second-order valence-corrected chi connectivity index (χ2v) is 9.71. The van der Waals surface area contributed by atoms with E-state index in [-0.39, 0.29) is 49.4 Å². The van der Waals surface area contributed by atoms with Gasteiger partial charge in [-0.2, -0.15) is 0 Å². The summed E-state index contributed by atoms with van der Waals surface area (Å²) in [7, 11) is 1.61. The summed E-state index contributed by atoms with van der Waals surface area (Å²) < 4.78 is 20.8. The number of nitrogens with one attached hydrogen (secondary N) is 2. The molecule has 14 heteroatoms. The number of carbonyl (C=O) groups is 3. The standard InChI is InChI=1S/C26H31FN8O5/c1-16-11-35(17(2)14-36)25(38)21-10-20(29-24(37)13-34-15-28-31-32-34)8-9-22(21)40-23(16)12-33(3)26(39)30-19-6-4-18(27)5-7-19/h4-10,15-17,23,36H,11-14H2,1-3H3,(H,29,37)(H,30,39)/t16-,17-,23+/m0/s1. The lowest BCUT2D eigenvalue weighted by Crippen LogP contribution is -2.50. The summed E-state index contributed by atoms with van der Waals surface area (Å²) in [6, 6.07) is 9.25. The smallest absolute Gasteiger partial charge is 0.321 e. The van der Waals surface area contributed by atoms with Crippen LogP contribution in [0.15, 0.2) is 48.8 Å². The number of nitrogens with zero attached hydrogens (tertiary/aromatic N) is 6. The number of carbonyl (C=O) groups excluding carboxylic acids is 3. The molecule has 0 unspecified atom stereocenters. The van der Waals surface area contributed by atoms with E-state index in [0.717, 1.165) is 0 Å². The summed E-state index contributed by atoms with van der Waals surface area (Å²) in [6.45, 7) is 3.71. The maximum absolute atomic E-state index is 13.6. The number of tetrazole rings is 1. The first kappa shape index (κ1) is 28.4. The van der Waals surface area contributed by atoms with E-state index in [9.17, 15) is 23.9 Å². The number of aliphatic hydroxyl groups excluding tert-OH is 1. The zero-order chi connectivity index (χ0) is 28.8. The Kier molecular flexibility index (Phi) is 8.89. The molecule has 2 heterocycles. The molecular formula is C26H31FN8O5. The average molecular weight is 555 g/mol. The van der Waals surface area contributed by atoms with Gasteiger partial charge in [0.15, 0.2) is 0 Å². The number of halogens is 1. The zero-order valence-electron chi connectivity index (χ0n) is 22.3. The molecule has 13 nitrogen and oxygen atoms in total. The van der Waals surface area contributed by atoms with Crippen LogP contribution in [0, 0.1) is 11.7 Å². The van der Waals surface area contributed by atoms with Gasteiger partial charge in [-0.15, -0.1) is 5.10 Å². The molecule has 0 spiro atoms. The molecule has 40 heavy (non-hydrogen) atoms. The summed E-state index contributed by atoms with van der Waals surface area (Å²) in [5, 5.41) is 25.9. The van der Waals surface area contributed by atoms with E-state index in [0.29, 0.717) is 11.4 Å². The first-order valence-electron chi connectivity index (χ1n) is 12.7. The highest BCUT2D eigenvalue weighted by Crippen LogP contribution is 2.30. The Bertz CT molecular complexity index is 1340. The fourth-order valence-corrected chi connectivity index (χ4v) is 4.22. The van der Waals surface area contributed by atoms with Gasteiger partial charge in [0, 0.05) is 30.9 Å². The average Bonchev–Trinajstić information content (AvgIpc) is 3.44. The third kappa shape index (κ3) is 6.88. The van der Waals surface area contributed by atoms with Gasteiger partial charge in [-0.05, 0) is 59.8 Å². The number of aromatic nitrogens is 4. The summed E-state index contributed by atoms with van der Waals surface area (Å²) in [4.78, 5) is 41.9. The number of fused-ring (bicyclic) bond motifs is 1. The van der Waals surface area contributed by atoms with E-state index in [4.69, 9.17) is 4.74 Å². The van der Waals surface area contributed by atoms with Crippen LogP contribution in [0.3, 0.4) is 0 Å². The van der Waals surface area contributed by atoms with Crippen molar-refractivity contribution >= 4 is 29.2 Å². The molecule has 3 atom stereocenters. The van der Waals surface area contributed by atoms with Gasteiger partial charge in [0.2, 0.25) is 5.91 Å². The summed E-state index contributed by atoms with van der Waals surface area (Å²) >= 11 is 0. The van der Waals surface area contributed by atoms with Crippen molar-refractivity contribution in [2.75, 3.05) is 37.4 Å². The van der Waals surface area contributed by atoms with Crippen molar-refractivity contribution in [3.8, 4) is 5.75 Å². The molecule has 0 saturated carbocycles. The van der Waals surface area contributed by atoms with E-state index in [1.807, 2.05) is 6.92 Å². The normalized spacial score (nSPS) is 17.6. The van der Waals surface area contributed by atoms with Gasteiger partial charge in [-0.1, -0.05) is 6.92 Å². The number of amides is 4. The maximum Gasteiger partial charge on any atom is 0.321 e. The number of likely N-dealkylation sites (N-methyl/N-ethyl adjacent to an activating group) is 1. The molecule has 3 N–H and O–H groups in total. The molecule has 0 bridgehead atoms. The molecule has 3 aromatic rings. The van der Waals surface area contributed by atoms with Crippen molar-refractivity contribution in [3.05, 3.63) is 60.2 Å². The molecule has 0 aliphatic carbocycles. The number of benzene rings is 2. The molecule has 212 valence electrons. The Morgan fingerprint density at radius 1 is 1.20 bits per heavy atom. The van der Waals surface area contributed by atoms with Gasteiger partial charge >= 0.3 is 6.03 Å². The second kappa shape index (κ2) is 12.5. The van der Waals surface area contributed by atoms with Crippen molar-refractivity contribution in [2.45, 2.75) is 32.5 Å². The third-order valence-electron chi connectivity index (χ3n) is 6.54. The van der Waals surface area contributed by atoms with Gasteiger partial charge in [-0.25, -0.2) is 13.9 Å². The minimum absolute atomic E-state index is 0.117. The lowest BCUT2D eigenvalue weighted by molar-refractivity contribution is -0.116. The highest BCUT2D eigenvalue weighted by atomic mass is 19.1. The summed E-state index contributed by atoms with van der Waals surface area (Å²) in [6.07, 6.45) is 0.786. The molecule has 0 radical (unpaired) electrons. The van der Waals surface area contributed by atoms with Crippen molar-refractivity contribution in [1.29, 1.82) is 0 Å². The fourth-order valence-electron chi connectivity index (χ4n) is 4.22. The lowest BCUT2D eigenvalue weighted by Gasteiger charge is -2.38. The molecule has 4 amide bonds. The van der Waals surface area contributed by atoms with Crippen LogP contribution in [-0.2, 0) is 11.3 Å². The fraction of sp³-hybridized carbons (Fsp3) is 0.385. The van der Waals surface area contributed by atoms with Crippen LogP contribution in [0.4, 0.5) is 20.6 Å². The van der Waals surface area contributed by atoms with Gasteiger partial charge in [-0.3, -0.25) is 9.59 Å². The van der Waals surface area contributed by atoms with Crippen molar-refractivity contribution in [2.24, 2.45) is 5.92 Å². The van der Waals surface area contributed by atoms with E-state index in [1.54, 1.807) is 31.0 Å². The molecular weight excluding hydrogens is 523 g/mol. The number of urea groups is 1. The van der Waals surface area contributed by atoms with Gasteiger partial charge < -0.3 is 30.3 Å². The summed E-state index contributed by atoms with van der Waals surface area (Å²) in [5.74, 6) is -1.10. The molecule has 1 aliphatic rings. The molecule has 0 fully saturated rings. The van der Waals surface area contributed by atoms with Gasteiger partial charge in [0.25, 0.3) is 5.91 Å². The van der Waals surface area contributed by atoms with Crippen LogP contribution in [0.2, 0.25) is 0 Å². The van der Waals surface area contributed by atoms with Crippen LogP contribution in [-0.4, -0.2) is 91.8 Å². The first-order chi connectivity index (χ1) is 19.1. The topological polar surface area (TPSA) is 155 Å². The van der Waals surface area contributed by atoms with Crippen LogP contribution in [0.1, 0.15) is 24.2 Å². The number of hydrogen-bond donors (Lipinski definition) is 3. The third-order valence-corrected chi connectivity index (χ3v) is 6.54. The zero-order valence-corrected chi connectivity index (χ0v) is 22.3. The van der Waals surface area contributed by atoms with Gasteiger partial charge in [0.1, 0.15) is 30.5 Å². The van der Waals surface area contributed by atoms with Gasteiger partial charge in [0.05, 0.1) is 24.8 Å². The molecule has 1 aromatic heterocycles. The minimum atomic E-state index is -0.524. The Hall–Kier alpha value is -4.59. The second-order valence-electron chi connectivity index (χ2n) is 9.71. The van der Waals surface area contributed by atoms with Crippen LogP contribution < -0.4 is 15.4 Å². The highest BCUT2D eigenvalue weighted by Gasteiger charge is 2.34. The lowest BCUT2D eigenvalue weighted by atomic mass is 9.99. The summed E-state index contributed by atoms with van der Waals surface area (Å²) in [5.41, 5.74) is 1.01. The molecule has 0 saturated heterocycles. The predicted molar refractivity (Wildman–Crippen MR) is 142 cm³/mol. The van der Waals surface area contributed by atoms with Crippen LogP contribution >= 0.6 is 0 Å². The Morgan fingerprint density at radius 2 is 1.93 bits per heavy atom. The Morgan fingerprint density at radius 3 is 2.60 bits per heavy atom. The van der Waals surface area contributed by atoms with Crippen molar-refractivity contribution in [3.63, 3.8) is 0 Å². The van der Waals surface area contributed by atoms with Crippen LogP contribution in [0.5, 0.6) is 5.75 Å². The van der Waals surface area contributed by atoms with E-state index in [1.165, 1.54) is 46.2 Å². The van der Waals surface area contributed by atoms with Crippen molar-refractivity contribution < 1.29 is 28.6 Å². The number of hydrogen-bond acceptors (Lipinski definition) is 8. The monoisotopic (exact) mass is 554 g/mol. The SMILES string of the molecule is C[C@H]1CN([C@@H](C)CO)C(=O)c2cc(NC(=O)Cn3cnnn3)ccc2O[C@@H]1CN(C)C(=O)Nc1ccc(F)cc1.